The van der Waals surface area contributed by atoms with Crippen LogP contribution in [0.25, 0.3) is 5.69 Å². The van der Waals surface area contributed by atoms with E-state index in [2.05, 4.69) is 55.0 Å². The summed E-state index contributed by atoms with van der Waals surface area (Å²) in [7, 11) is 0. The first-order valence-corrected chi connectivity index (χ1v) is 9.05. The maximum atomic E-state index is 4.43. The fourth-order valence-corrected chi connectivity index (χ4v) is 3.65. The Kier molecular flexibility index (Phi) is 5.07. The predicted molar refractivity (Wildman–Crippen MR) is 88.9 cm³/mol. The molecule has 1 heterocycles. The van der Waals surface area contributed by atoms with E-state index in [1.165, 1.54) is 38.5 Å². The number of hydrogen-bond donors (Lipinski definition) is 0. The van der Waals surface area contributed by atoms with Gasteiger partial charge in [-0.25, -0.2) is 0 Å². The van der Waals surface area contributed by atoms with Crippen LogP contribution >= 0.6 is 15.9 Å². The minimum atomic E-state index is 0.734. The zero-order valence-electron chi connectivity index (χ0n) is 12.3. The third-order valence-electron chi connectivity index (χ3n) is 4.43. The van der Waals surface area contributed by atoms with Crippen molar-refractivity contribution < 1.29 is 0 Å². The molecule has 1 fully saturated rings. The van der Waals surface area contributed by atoms with Crippen LogP contribution in [0.15, 0.2) is 30.3 Å². The largest absolute Gasteiger partial charge is 0.282 e. The van der Waals surface area contributed by atoms with E-state index in [0.717, 1.165) is 35.0 Å². The van der Waals surface area contributed by atoms with E-state index in [1.807, 2.05) is 6.07 Å². The molecule has 0 bridgehead atoms. The highest BCUT2D eigenvalue weighted by Gasteiger charge is 2.17. The van der Waals surface area contributed by atoms with E-state index in [0.29, 0.717) is 0 Å². The number of para-hydroxylation sites is 1. The Morgan fingerprint density at radius 3 is 2.43 bits per heavy atom. The predicted octanol–water partition coefficient (Wildman–Crippen LogP) is 4.68. The Balaban J connectivity index is 1.77. The molecule has 112 valence electrons. The highest BCUT2D eigenvalue weighted by molar-refractivity contribution is 9.08. The van der Waals surface area contributed by atoms with Crippen molar-refractivity contribution in [2.24, 2.45) is 5.92 Å². The normalized spacial score (nSPS) is 16.2. The first kappa shape index (κ1) is 14.8. The Bertz CT molecular complexity index is 559. The Morgan fingerprint density at radius 2 is 1.71 bits per heavy atom. The Morgan fingerprint density at radius 1 is 1.00 bits per heavy atom. The molecule has 1 aliphatic rings. The number of benzene rings is 1. The smallest absolute Gasteiger partial charge is 0.148 e. The number of aryl methyl sites for hydroxylation is 1. The molecule has 0 radical (unpaired) electrons. The van der Waals surface area contributed by atoms with E-state index in [1.54, 1.807) is 0 Å². The van der Waals surface area contributed by atoms with Gasteiger partial charge >= 0.3 is 0 Å². The molecule has 21 heavy (non-hydrogen) atoms. The van der Waals surface area contributed by atoms with E-state index in [4.69, 9.17) is 0 Å². The van der Waals surface area contributed by atoms with Gasteiger partial charge in [-0.1, -0.05) is 66.2 Å². The summed E-state index contributed by atoms with van der Waals surface area (Å²) in [6, 6.07) is 10.4. The van der Waals surface area contributed by atoms with Gasteiger partial charge in [-0.3, -0.25) is 4.57 Å². The molecular weight excluding hydrogens is 326 g/mol. The highest BCUT2D eigenvalue weighted by atomic mass is 79.9. The summed E-state index contributed by atoms with van der Waals surface area (Å²) in [6.45, 7) is 0. The molecule has 0 spiro atoms. The van der Waals surface area contributed by atoms with E-state index in [9.17, 15) is 0 Å². The van der Waals surface area contributed by atoms with Gasteiger partial charge in [-0.05, 0) is 24.5 Å². The zero-order valence-corrected chi connectivity index (χ0v) is 13.9. The molecule has 1 saturated carbocycles. The number of halogens is 1. The van der Waals surface area contributed by atoms with Crippen LogP contribution in [0, 0.1) is 5.92 Å². The molecule has 0 saturated heterocycles. The lowest BCUT2D eigenvalue weighted by atomic mass is 9.86. The summed E-state index contributed by atoms with van der Waals surface area (Å²) in [4.78, 5) is 0. The molecule has 1 aromatic carbocycles. The lowest BCUT2D eigenvalue weighted by Crippen LogP contribution is -2.10. The first-order chi connectivity index (χ1) is 10.4. The van der Waals surface area contributed by atoms with Crippen LogP contribution in [-0.2, 0) is 11.8 Å². The molecule has 1 aromatic heterocycles. The zero-order chi connectivity index (χ0) is 14.5. The van der Waals surface area contributed by atoms with Crippen LogP contribution in [0.3, 0.4) is 0 Å². The van der Waals surface area contributed by atoms with Gasteiger partial charge in [-0.15, -0.1) is 10.2 Å². The van der Waals surface area contributed by atoms with Crippen LogP contribution in [0.4, 0.5) is 0 Å². The van der Waals surface area contributed by atoms with E-state index >= 15 is 0 Å². The van der Waals surface area contributed by atoms with Gasteiger partial charge in [-0.2, -0.15) is 0 Å². The number of alkyl halides is 1. The Labute approximate surface area is 134 Å². The monoisotopic (exact) mass is 347 g/mol. The van der Waals surface area contributed by atoms with Crippen molar-refractivity contribution in [2.45, 2.75) is 50.3 Å². The van der Waals surface area contributed by atoms with Crippen LogP contribution in [-0.4, -0.2) is 14.8 Å². The third kappa shape index (κ3) is 3.54. The minimum absolute atomic E-state index is 0.734. The molecule has 3 nitrogen and oxygen atoms in total. The van der Waals surface area contributed by atoms with Crippen molar-refractivity contribution in [1.29, 1.82) is 0 Å². The molecule has 0 unspecified atom stereocenters. The van der Waals surface area contributed by atoms with Crippen LogP contribution < -0.4 is 0 Å². The van der Waals surface area contributed by atoms with Crippen LogP contribution in [0.5, 0.6) is 0 Å². The van der Waals surface area contributed by atoms with Crippen LogP contribution in [0.1, 0.15) is 50.2 Å². The summed E-state index contributed by atoms with van der Waals surface area (Å²) < 4.78 is 2.21. The van der Waals surface area contributed by atoms with Gasteiger partial charge in [0, 0.05) is 12.1 Å². The Hall–Kier alpha value is -1.16. The molecule has 3 rings (SSSR count). The molecular formula is C17H22BrN3. The topological polar surface area (TPSA) is 30.7 Å². The van der Waals surface area contributed by atoms with Crippen molar-refractivity contribution in [3.8, 4) is 5.69 Å². The second kappa shape index (κ2) is 7.21. The van der Waals surface area contributed by atoms with Gasteiger partial charge in [0.05, 0.1) is 5.33 Å². The average Bonchev–Trinajstić information content (AvgIpc) is 2.97. The number of rotatable bonds is 5. The number of aromatic nitrogens is 3. The fraction of sp³-hybridized carbons (Fsp3) is 0.529. The van der Waals surface area contributed by atoms with E-state index < -0.39 is 0 Å². The quantitative estimate of drug-likeness (QED) is 0.735. The molecule has 0 aliphatic heterocycles. The van der Waals surface area contributed by atoms with Gasteiger partial charge in [0.25, 0.3) is 0 Å². The van der Waals surface area contributed by atoms with Crippen molar-refractivity contribution >= 4 is 15.9 Å². The molecule has 4 heteroatoms. The number of hydrogen-bond acceptors (Lipinski definition) is 2. The van der Waals surface area contributed by atoms with Crippen LogP contribution in [0.2, 0.25) is 0 Å². The lowest BCUT2D eigenvalue weighted by molar-refractivity contribution is 0.337. The van der Waals surface area contributed by atoms with Gasteiger partial charge in [0.2, 0.25) is 0 Å². The van der Waals surface area contributed by atoms with Crippen molar-refractivity contribution in [2.75, 3.05) is 0 Å². The lowest BCUT2D eigenvalue weighted by Gasteiger charge is -2.21. The summed E-state index contributed by atoms with van der Waals surface area (Å²) in [6.07, 6.45) is 9.29. The molecule has 1 aliphatic carbocycles. The average molecular weight is 348 g/mol. The first-order valence-electron chi connectivity index (χ1n) is 7.93. The molecule has 2 aromatic rings. The molecule has 0 N–H and O–H groups in total. The second-order valence-corrected chi connectivity index (χ2v) is 6.44. The fourth-order valence-electron chi connectivity index (χ4n) is 3.29. The van der Waals surface area contributed by atoms with Crippen molar-refractivity contribution in [1.82, 2.24) is 14.8 Å². The van der Waals surface area contributed by atoms with Crippen molar-refractivity contribution in [3.05, 3.63) is 42.0 Å². The van der Waals surface area contributed by atoms with Gasteiger partial charge < -0.3 is 0 Å². The van der Waals surface area contributed by atoms with Gasteiger partial charge in [0.1, 0.15) is 11.6 Å². The SMILES string of the molecule is BrCc1nnc(CCC2CCCCC2)n1-c1ccccc1. The highest BCUT2D eigenvalue weighted by Crippen LogP contribution is 2.28. The maximum Gasteiger partial charge on any atom is 0.148 e. The third-order valence-corrected chi connectivity index (χ3v) is 4.93. The standard InChI is InChI=1S/C17H22BrN3/c18-13-17-20-19-16(12-11-14-7-3-1-4-8-14)21(17)15-9-5-2-6-10-15/h2,5-6,9-10,14H,1,3-4,7-8,11-13H2. The number of nitrogens with zero attached hydrogens (tertiary/aromatic N) is 3. The summed E-state index contributed by atoms with van der Waals surface area (Å²) in [5.41, 5.74) is 1.16. The second-order valence-electron chi connectivity index (χ2n) is 5.88. The summed E-state index contributed by atoms with van der Waals surface area (Å²) in [5.74, 6) is 2.97. The summed E-state index contributed by atoms with van der Waals surface area (Å²) in [5, 5.41) is 9.51. The minimum Gasteiger partial charge on any atom is -0.282 e. The molecule has 0 amide bonds. The van der Waals surface area contributed by atoms with E-state index in [-0.39, 0.29) is 0 Å². The maximum absolute atomic E-state index is 4.43. The summed E-state index contributed by atoms with van der Waals surface area (Å²) >= 11 is 3.52. The van der Waals surface area contributed by atoms with Crippen molar-refractivity contribution in [3.63, 3.8) is 0 Å². The molecule has 0 atom stereocenters. The van der Waals surface area contributed by atoms with Gasteiger partial charge in [0.15, 0.2) is 0 Å².